The number of benzene rings is 1. The number of aromatic nitrogens is 1. The van der Waals surface area contributed by atoms with Gasteiger partial charge < -0.3 is 19.9 Å². The van der Waals surface area contributed by atoms with Gasteiger partial charge in [-0.25, -0.2) is 9.78 Å². The van der Waals surface area contributed by atoms with Crippen LogP contribution in [0.2, 0.25) is 10.0 Å². The number of nitrogens with zero attached hydrogens (tertiary/aromatic N) is 3. The van der Waals surface area contributed by atoms with Crippen LogP contribution in [0, 0.1) is 6.92 Å². The van der Waals surface area contributed by atoms with Crippen molar-refractivity contribution in [2.75, 3.05) is 43.5 Å². The molecule has 2 heterocycles. The fourth-order valence-electron chi connectivity index (χ4n) is 2.92. The third kappa shape index (κ3) is 4.14. The Hall–Kier alpha value is -2.18. The molecule has 0 saturated carbocycles. The quantitative estimate of drug-likeness (QED) is 0.852. The van der Waals surface area contributed by atoms with E-state index in [1.807, 2.05) is 25.1 Å². The molecule has 0 radical (unpaired) electrons. The fraction of sp³-hybridized carbons (Fsp3) is 0.333. The van der Waals surface area contributed by atoms with Gasteiger partial charge in [0.25, 0.3) is 0 Å². The van der Waals surface area contributed by atoms with Gasteiger partial charge in [0.15, 0.2) is 0 Å². The van der Waals surface area contributed by atoms with Gasteiger partial charge in [0.05, 0.1) is 17.2 Å². The number of ether oxygens (including phenoxy) is 1. The number of piperazine rings is 1. The van der Waals surface area contributed by atoms with E-state index in [4.69, 9.17) is 27.9 Å². The molecule has 0 unspecified atom stereocenters. The number of urea groups is 1. The number of amides is 2. The number of carbonyl (C=O) groups is 1. The molecule has 26 heavy (non-hydrogen) atoms. The Balaban J connectivity index is 1.59. The molecular formula is C18H20Cl2N4O2. The lowest BCUT2D eigenvalue weighted by atomic mass is 10.2. The van der Waals surface area contributed by atoms with Crippen LogP contribution in [0.15, 0.2) is 30.5 Å². The zero-order valence-electron chi connectivity index (χ0n) is 14.6. The van der Waals surface area contributed by atoms with Crippen molar-refractivity contribution >= 4 is 40.7 Å². The van der Waals surface area contributed by atoms with Gasteiger partial charge >= 0.3 is 6.03 Å². The van der Waals surface area contributed by atoms with Crippen LogP contribution in [-0.4, -0.2) is 49.2 Å². The van der Waals surface area contributed by atoms with Crippen LogP contribution in [-0.2, 0) is 0 Å². The molecule has 0 spiro atoms. The molecule has 0 bridgehead atoms. The molecular weight excluding hydrogens is 375 g/mol. The topological polar surface area (TPSA) is 57.7 Å². The van der Waals surface area contributed by atoms with Crippen molar-refractivity contribution in [3.05, 3.63) is 46.1 Å². The molecule has 1 aromatic carbocycles. The smallest absolute Gasteiger partial charge is 0.321 e. The van der Waals surface area contributed by atoms with Gasteiger partial charge in [-0.1, -0.05) is 23.2 Å². The van der Waals surface area contributed by atoms with Gasteiger partial charge in [-0.15, -0.1) is 0 Å². The molecule has 2 aromatic rings. The van der Waals surface area contributed by atoms with E-state index in [2.05, 4.69) is 15.2 Å². The Labute approximate surface area is 162 Å². The summed E-state index contributed by atoms with van der Waals surface area (Å²) in [5.41, 5.74) is 1.72. The summed E-state index contributed by atoms with van der Waals surface area (Å²) in [6.45, 7) is 4.42. The minimum atomic E-state index is -0.121. The highest BCUT2D eigenvalue weighted by molar-refractivity contribution is 6.36. The molecule has 0 atom stereocenters. The van der Waals surface area contributed by atoms with E-state index in [0.29, 0.717) is 42.0 Å². The maximum atomic E-state index is 12.5. The summed E-state index contributed by atoms with van der Waals surface area (Å²) in [5, 5.41) is 3.95. The second kappa shape index (κ2) is 8.01. The number of anilines is 2. The zero-order chi connectivity index (χ0) is 18.7. The highest BCUT2D eigenvalue weighted by Gasteiger charge is 2.23. The molecule has 1 saturated heterocycles. The van der Waals surface area contributed by atoms with Crippen LogP contribution in [0.3, 0.4) is 0 Å². The Bertz CT molecular complexity index is 808. The molecule has 2 amide bonds. The minimum Gasteiger partial charge on any atom is -0.496 e. The molecule has 1 aliphatic rings. The summed E-state index contributed by atoms with van der Waals surface area (Å²) in [4.78, 5) is 20.6. The van der Waals surface area contributed by atoms with Crippen molar-refractivity contribution in [3.8, 4) is 5.75 Å². The van der Waals surface area contributed by atoms with E-state index in [-0.39, 0.29) is 6.03 Å². The number of hydrogen-bond acceptors (Lipinski definition) is 4. The van der Waals surface area contributed by atoms with E-state index < -0.39 is 0 Å². The van der Waals surface area contributed by atoms with E-state index in [9.17, 15) is 4.79 Å². The number of hydrogen-bond donors (Lipinski definition) is 1. The molecule has 1 N–H and O–H groups in total. The van der Waals surface area contributed by atoms with Crippen molar-refractivity contribution in [2.45, 2.75) is 6.92 Å². The molecule has 1 aliphatic heterocycles. The van der Waals surface area contributed by atoms with E-state index in [1.165, 1.54) is 0 Å². The average molecular weight is 395 g/mol. The maximum absolute atomic E-state index is 12.5. The van der Waals surface area contributed by atoms with Crippen molar-refractivity contribution in [1.29, 1.82) is 0 Å². The first-order valence-corrected chi connectivity index (χ1v) is 9.00. The highest BCUT2D eigenvalue weighted by Crippen LogP contribution is 2.27. The van der Waals surface area contributed by atoms with Crippen LogP contribution < -0.4 is 15.0 Å². The number of rotatable bonds is 3. The largest absolute Gasteiger partial charge is 0.496 e. The lowest BCUT2D eigenvalue weighted by Crippen LogP contribution is -2.50. The lowest BCUT2D eigenvalue weighted by molar-refractivity contribution is 0.208. The molecule has 6 nitrogen and oxygen atoms in total. The van der Waals surface area contributed by atoms with Crippen LogP contribution >= 0.6 is 23.2 Å². The van der Waals surface area contributed by atoms with Crippen LogP contribution in [0.4, 0.5) is 16.3 Å². The summed E-state index contributed by atoms with van der Waals surface area (Å²) in [6.07, 6.45) is 1.58. The van der Waals surface area contributed by atoms with Gasteiger partial charge in [0.1, 0.15) is 11.6 Å². The Morgan fingerprint density at radius 3 is 2.54 bits per heavy atom. The Morgan fingerprint density at radius 2 is 1.92 bits per heavy atom. The van der Waals surface area contributed by atoms with Gasteiger partial charge in [-0.3, -0.25) is 0 Å². The SMILES string of the molecule is COc1ccc(NC(=O)N2CCN(c3ncc(Cl)cc3Cl)CC2)cc1C. The first-order chi connectivity index (χ1) is 12.5. The molecule has 0 aliphatic carbocycles. The number of methoxy groups -OCH3 is 1. The number of halogens is 2. The molecule has 138 valence electrons. The third-order valence-corrected chi connectivity index (χ3v) is 4.79. The fourth-order valence-corrected chi connectivity index (χ4v) is 3.42. The van der Waals surface area contributed by atoms with Gasteiger partial charge in [-0.05, 0) is 36.8 Å². The van der Waals surface area contributed by atoms with Crippen molar-refractivity contribution in [2.24, 2.45) is 0 Å². The number of nitrogens with one attached hydrogen (secondary N) is 1. The lowest BCUT2D eigenvalue weighted by Gasteiger charge is -2.35. The zero-order valence-corrected chi connectivity index (χ0v) is 16.1. The second-order valence-corrected chi connectivity index (χ2v) is 6.89. The van der Waals surface area contributed by atoms with E-state index >= 15 is 0 Å². The normalized spacial score (nSPS) is 14.3. The van der Waals surface area contributed by atoms with E-state index in [0.717, 1.165) is 17.0 Å². The van der Waals surface area contributed by atoms with E-state index in [1.54, 1.807) is 24.3 Å². The molecule has 1 aromatic heterocycles. The molecule has 3 rings (SSSR count). The van der Waals surface area contributed by atoms with Gasteiger partial charge in [-0.2, -0.15) is 0 Å². The summed E-state index contributed by atoms with van der Waals surface area (Å²) in [7, 11) is 1.63. The average Bonchev–Trinajstić information content (AvgIpc) is 2.62. The first-order valence-electron chi connectivity index (χ1n) is 8.24. The van der Waals surface area contributed by atoms with Crippen LogP contribution in [0.25, 0.3) is 0 Å². The van der Waals surface area contributed by atoms with Gasteiger partial charge in [0.2, 0.25) is 0 Å². The maximum Gasteiger partial charge on any atom is 0.321 e. The number of carbonyl (C=O) groups excluding carboxylic acids is 1. The second-order valence-electron chi connectivity index (χ2n) is 6.05. The minimum absolute atomic E-state index is 0.121. The molecule has 1 fully saturated rings. The monoisotopic (exact) mass is 394 g/mol. The summed E-state index contributed by atoms with van der Waals surface area (Å²) < 4.78 is 5.24. The van der Waals surface area contributed by atoms with Crippen molar-refractivity contribution in [3.63, 3.8) is 0 Å². The number of aryl methyl sites for hydroxylation is 1. The highest BCUT2D eigenvalue weighted by atomic mass is 35.5. The van der Waals surface area contributed by atoms with Gasteiger partial charge in [0, 0.05) is 38.1 Å². The summed E-state index contributed by atoms with van der Waals surface area (Å²) in [6, 6.07) is 7.12. The Morgan fingerprint density at radius 1 is 1.19 bits per heavy atom. The predicted octanol–water partition coefficient (Wildman–Crippen LogP) is 4.06. The Kier molecular flexibility index (Phi) is 5.74. The predicted molar refractivity (Wildman–Crippen MR) is 105 cm³/mol. The first kappa shape index (κ1) is 18.6. The van der Waals surface area contributed by atoms with Crippen molar-refractivity contribution < 1.29 is 9.53 Å². The van der Waals surface area contributed by atoms with Crippen LogP contribution in [0.5, 0.6) is 5.75 Å². The van der Waals surface area contributed by atoms with Crippen LogP contribution in [0.1, 0.15) is 5.56 Å². The number of pyridine rings is 1. The third-order valence-electron chi connectivity index (χ3n) is 4.30. The van der Waals surface area contributed by atoms with Crippen molar-refractivity contribution in [1.82, 2.24) is 9.88 Å². The molecule has 8 heteroatoms. The summed E-state index contributed by atoms with van der Waals surface area (Å²) in [5.74, 6) is 1.49. The summed E-state index contributed by atoms with van der Waals surface area (Å²) >= 11 is 12.1. The standard InChI is InChI=1S/C18H20Cl2N4O2/c1-12-9-14(3-4-16(12)26-2)22-18(25)24-7-5-23(6-8-24)17-15(20)10-13(19)11-21-17/h3-4,9-11H,5-8H2,1-2H3,(H,22,25).